The lowest BCUT2D eigenvalue weighted by Crippen LogP contribution is -2.24. The Bertz CT molecular complexity index is 2000. The van der Waals surface area contributed by atoms with Crippen molar-refractivity contribution in [2.45, 2.75) is 18.9 Å². The van der Waals surface area contributed by atoms with E-state index in [-0.39, 0.29) is 18.8 Å². The van der Waals surface area contributed by atoms with E-state index in [9.17, 15) is 13.2 Å². The molecule has 0 spiro atoms. The number of aromatic nitrogens is 6. The van der Waals surface area contributed by atoms with Gasteiger partial charge in [0, 0.05) is 90.5 Å². The van der Waals surface area contributed by atoms with Crippen LogP contribution in [0.15, 0.2) is 67.4 Å². The summed E-state index contributed by atoms with van der Waals surface area (Å²) >= 11 is 0. The summed E-state index contributed by atoms with van der Waals surface area (Å²) < 4.78 is 42.1. The van der Waals surface area contributed by atoms with Crippen molar-refractivity contribution < 1.29 is 13.2 Å². The van der Waals surface area contributed by atoms with Crippen LogP contribution in [-0.4, -0.2) is 86.1 Å². The number of likely N-dealkylation sites (tertiary alicyclic amines) is 1. The number of rotatable bonds is 9. The number of alkyl halides is 2. The molecule has 6 aromatic rings. The van der Waals surface area contributed by atoms with Crippen molar-refractivity contribution in [3.63, 3.8) is 0 Å². The van der Waals surface area contributed by atoms with Crippen LogP contribution in [0, 0.1) is 5.82 Å². The van der Waals surface area contributed by atoms with Crippen molar-refractivity contribution in [1.82, 2.24) is 39.9 Å². The van der Waals surface area contributed by atoms with E-state index in [1.165, 1.54) is 12.1 Å². The van der Waals surface area contributed by atoms with Gasteiger partial charge in [-0.1, -0.05) is 0 Å². The van der Waals surface area contributed by atoms with Gasteiger partial charge in [0.05, 0.1) is 24.0 Å². The quantitative estimate of drug-likeness (QED) is 0.179. The van der Waals surface area contributed by atoms with Gasteiger partial charge in [-0.25, -0.2) is 18.2 Å². The van der Waals surface area contributed by atoms with Gasteiger partial charge in [-0.05, 0) is 61.6 Å². The molecule has 0 unspecified atom stereocenters. The summed E-state index contributed by atoms with van der Waals surface area (Å²) in [6.45, 7) is 2.04. The number of pyridine rings is 3. The fraction of sp³-hybridized carbons (Fsp3) is 0.273. The Hall–Kier alpha value is -4.81. The van der Waals surface area contributed by atoms with Gasteiger partial charge in [0.25, 0.3) is 5.92 Å². The van der Waals surface area contributed by atoms with Crippen LogP contribution in [0.3, 0.4) is 0 Å². The smallest absolute Gasteiger partial charge is 0.261 e. The summed E-state index contributed by atoms with van der Waals surface area (Å²) in [5, 5.41) is 12.6. The summed E-state index contributed by atoms with van der Waals surface area (Å²) in [5.41, 5.74) is 7.58. The zero-order valence-corrected chi connectivity index (χ0v) is 24.9. The van der Waals surface area contributed by atoms with Crippen LogP contribution in [0.2, 0.25) is 0 Å². The number of H-pyrrole nitrogens is 2. The molecule has 1 aliphatic heterocycles. The number of likely N-dealkylation sites (N-methyl/N-ethyl adjacent to an activating group) is 1. The van der Waals surface area contributed by atoms with Crippen LogP contribution in [0.25, 0.3) is 55.6 Å². The third-order valence-corrected chi connectivity index (χ3v) is 8.10. The summed E-state index contributed by atoms with van der Waals surface area (Å²) in [7, 11) is 3.99. The molecule has 9 nitrogen and oxygen atoms in total. The molecule has 3 N–H and O–H groups in total. The number of nitrogens with one attached hydrogen (secondary N) is 3. The van der Waals surface area contributed by atoms with Crippen LogP contribution in [-0.2, 0) is 6.54 Å². The van der Waals surface area contributed by atoms with E-state index >= 15 is 0 Å². The molecule has 12 heteroatoms. The lowest BCUT2D eigenvalue weighted by Gasteiger charge is -2.15. The second-order valence-electron chi connectivity index (χ2n) is 11.9. The normalized spacial score (nSPS) is 15.1. The number of hydrogen-bond acceptors (Lipinski definition) is 7. The van der Waals surface area contributed by atoms with Crippen molar-refractivity contribution in [3.8, 4) is 33.6 Å². The minimum atomic E-state index is -2.64. The Balaban J connectivity index is 1.20. The van der Waals surface area contributed by atoms with E-state index in [1.807, 2.05) is 38.4 Å². The molecule has 0 bridgehead atoms. The van der Waals surface area contributed by atoms with E-state index in [2.05, 4.69) is 40.3 Å². The SMILES string of the molecule is CN(C)CCNc1cc(F)cc(-c2cncc3[nH]c(-c4n[nH]c5ncc(-c6cncc(CN7CCC(F)(F)C7)c6)cc45)cc23)c1. The highest BCUT2D eigenvalue weighted by atomic mass is 19.3. The maximum atomic E-state index is 14.7. The molecule has 5 aromatic heterocycles. The predicted octanol–water partition coefficient (Wildman–Crippen LogP) is 6.18. The van der Waals surface area contributed by atoms with E-state index in [4.69, 9.17) is 0 Å². The Labute approximate surface area is 257 Å². The molecule has 7 rings (SSSR count). The molecule has 0 atom stereocenters. The van der Waals surface area contributed by atoms with Crippen LogP contribution in [0.1, 0.15) is 12.0 Å². The topological polar surface area (TPSA) is 102 Å². The molecule has 0 aliphatic carbocycles. The standard InChI is InChI=1S/C33H32F3N9/c1-44(2)6-4-39-25-9-21(8-24(34)11-25)28-16-38-17-30-26(28)12-29(41-30)31-27-10-23(15-40-32(27)43-42-31)22-7-20(13-37-14-22)18-45-5-3-33(35,36)19-45/h7-17,39,41H,3-6,18-19H2,1-2H3,(H,40,42,43). The number of halogens is 3. The zero-order valence-electron chi connectivity index (χ0n) is 24.9. The van der Waals surface area contributed by atoms with Gasteiger partial charge < -0.3 is 15.2 Å². The lowest BCUT2D eigenvalue weighted by atomic mass is 10.0. The molecule has 230 valence electrons. The van der Waals surface area contributed by atoms with Crippen molar-refractivity contribution in [1.29, 1.82) is 0 Å². The van der Waals surface area contributed by atoms with Gasteiger partial charge in [0.1, 0.15) is 11.5 Å². The van der Waals surface area contributed by atoms with Crippen LogP contribution in [0.4, 0.5) is 18.9 Å². The molecule has 1 aliphatic rings. The number of nitrogens with zero attached hydrogens (tertiary/aromatic N) is 6. The highest BCUT2D eigenvalue weighted by Gasteiger charge is 2.37. The molecule has 6 heterocycles. The van der Waals surface area contributed by atoms with E-state index in [0.29, 0.717) is 42.2 Å². The van der Waals surface area contributed by atoms with Gasteiger partial charge in [0.15, 0.2) is 5.65 Å². The first kappa shape index (κ1) is 28.9. The molecular weight excluding hydrogens is 579 g/mol. The van der Waals surface area contributed by atoms with Crippen LogP contribution < -0.4 is 5.32 Å². The van der Waals surface area contributed by atoms with Crippen LogP contribution >= 0.6 is 0 Å². The fourth-order valence-corrected chi connectivity index (χ4v) is 5.88. The molecule has 0 amide bonds. The predicted molar refractivity (Wildman–Crippen MR) is 169 cm³/mol. The summed E-state index contributed by atoms with van der Waals surface area (Å²) in [5.74, 6) is -2.97. The second kappa shape index (κ2) is 11.6. The molecule has 1 saturated heterocycles. The third kappa shape index (κ3) is 6.11. The van der Waals surface area contributed by atoms with Gasteiger partial charge >= 0.3 is 0 Å². The van der Waals surface area contributed by atoms with Crippen LogP contribution in [0.5, 0.6) is 0 Å². The van der Waals surface area contributed by atoms with Gasteiger partial charge in [0.2, 0.25) is 0 Å². The zero-order chi connectivity index (χ0) is 31.1. The Morgan fingerprint density at radius 3 is 2.60 bits per heavy atom. The molecule has 45 heavy (non-hydrogen) atoms. The third-order valence-electron chi connectivity index (χ3n) is 8.10. The van der Waals surface area contributed by atoms with Crippen molar-refractivity contribution in [2.75, 3.05) is 45.6 Å². The summed E-state index contributed by atoms with van der Waals surface area (Å²) in [6.07, 6.45) is 8.57. The molecular formula is C33H32F3N9. The van der Waals surface area contributed by atoms with Gasteiger partial charge in [-0.3, -0.25) is 20.0 Å². The molecule has 0 saturated carbocycles. The maximum absolute atomic E-state index is 14.7. The first-order valence-corrected chi connectivity index (χ1v) is 14.8. The van der Waals surface area contributed by atoms with Crippen molar-refractivity contribution in [3.05, 3.63) is 78.8 Å². The Kier molecular flexibility index (Phi) is 7.46. The van der Waals surface area contributed by atoms with Gasteiger partial charge in [-0.15, -0.1) is 0 Å². The van der Waals surface area contributed by atoms with E-state index < -0.39 is 5.92 Å². The Morgan fingerprint density at radius 1 is 0.933 bits per heavy atom. The first-order chi connectivity index (χ1) is 21.7. The lowest BCUT2D eigenvalue weighted by molar-refractivity contribution is 0.0115. The highest BCUT2D eigenvalue weighted by Crippen LogP contribution is 2.35. The monoisotopic (exact) mass is 611 g/mol. The number of aromatic amines is 2. The minimum absolute atomic E-state index is 0.118. The molecule has 1 fully saturated rings. The largest absolute Gasteiger partial charge is 0.384 e. The van der Waals surface area contributed by atoms with E-state index in [1.54, 1.807) is 35.9 Å². The Morgan fingerprint density at radius 2 is 1.78 bits per heavy atom. The molecule has 0 radical (unpaired) electrons. The fourth-order valence-electron chi connectivity index (χ4n) is 5.88. The van der Waals surface area contributed by atoms with E-state index in [0.717, 1.165) is 50.8 Å². The summed E-state index contributed by atoms with van der Waals surface area (Å²) in [4.78, 5) is 20.6. The number of fused-ring (bicyclic) bond motifs is 2. The second-order valence-corrected chi connectivity index (χ2v) is 11.9. The average Bonchev–Trinajstić information content (AvgIpc) is 3.72. The van der Waals surface area contributed by atoms with Gasteiger partial charge in [-0.2, -0.15) is 5.10 Å². The first-order valence-electron chi connectivity index (χ1n) is 14.8. The van der Waals surface area contributed by atoms with Crippen molar-refractivity contribution >= 4 is 27.6 Å². The summed E-state index contributed by atoms with van der Waals surface area (Å²) in [6, 6.07) is 10.9. The average molecular weight is 612 g/mol. The maximum Gasteiger partial charge on any atom is 0.261 e. The highest BCUT2D eigenvalue weighted by molar-refractivity contribution is 6.00. The van der Waals surface area contributed by atoms with Crippen molar-refractivity contribution in [2.24, 2.45) is 0 Å². The minimum Gasteiger partial charge on any atom is -0.384 e. The number of hydrogen-bond donors (Lipinski definition) is 3. The number of anilines is 1. The number of benzene rings is 1. The molecule has 1 aromatic carbocycles.